The van der Waals surface area contributed by atoms with Gasteiger partial charge in [0, 0.05) is 0 Å². The molecular formula is C28H50O. The molecule has 0 spiro atoms. The molecule has 0 aliphatic heterocycles. The number of fused-ring (bicyclic) bond motifs is 5. The first-order valence-corrected chi connectivity index (χ1v) is 13.4. The first-order valence-electron chi connectivity index (χ1n) is 13.4. The van der Waals surface area contributed by atoms with Crippen LogP contribution in [-0.2, 0) is 0 Å². The van der Waals surface area contributed by atoms with Gasteiger partial charge in [0.1, 0.15) is 0 Å². The molecule has 4 aliphatic rings. The van der Waals surface area contributed by atoms with E-state index in [1.807, 2.05) is 0 Å². The predicted octanol–water partition coefficient (Wildman–Crippen LogP) is 7.71. The van der Waals surface area contributed by atoms with Gasteiger partial charge >= 0.3 is 0 Å². The second kappa shape index (κ2) is 8.14. The molecule has 0 aromatic carbocycles. The summed E-state index contributed by atoms with van der Waals surface area (Å²) in [4.78, 5) is 0. The molecule has 0 bridgehead atoms. The van der Waals surface area contributed by atoms with Gasteiger partial charge in [-0.15, -0.1) is 0 Å². The standard InChI is InChI=1S/C28H50O/c1-18(2)8-7-9-19(3)22-12-13-24-21-10-11-23-20(4)26(29)15-17-28(23,6)25(21)14-16-27(22,24)5/h18-26,29H,7-17H2,1-6H3/t19-,20+,21+,22-,23+,24+,25+,26-,27-,28+/m1/s1. The van der Waals surface area contributed by atoms with Crippen LogP contribution in [0.3, 0.4) is 0 Å². The molecule has 4 fully saturated rings. The minimum absolute atomic E-state index is 0.0407. The Morgan fingerprint density at radius 1 is 0.793 bits per heavy atom. The third-order valence-electron chi connectivity index (χ3n) is 11.4. The van der Waals surface area contributed by atoms with Crippen molar-refractivity contribution in [2.75, 3.05) is 0 Å². The SMILES string of the molecule is CC(C)CCC[C@@H](C)[C@H]1CC[C@H]2[C@@H]3CC[C@H]4[C@H](C)[C@H](O)CC[C@]4(C)[C@H]3CC[C@]12C. The molecule has 1 nitrogen and oxygen atoms in total. The molecule has 4 saturated carbocycles. The second-order valence-electron chi connectivity index (χ2n) is 13.1. The van der Waals surface area contributed by atoms with E-state index in [0.717, 1.165) is 47.8 Å². The number of aliphatic hydroxyl groups excluding tert-OH is 1. The lowest BCUT2D eigenvalue weighted by Crippen LogP contribution is -2.56. The average molecular weight is 403 g/mol. The zero-order valence-corrected chi connectivity index (χ0v) is 20.4. The highest BCUT2D eigenvalue weighted by Crippen LogP contribution is 2.68. The van der Waals surface area contributed by atoms with Gasteiger partial charge in [-0.1, -0.05) is 60.8 Å². The van der Waals surface area contributed by atoms with Crippen molar-refractivity contribution in [3.63, 3.8) is 0 Å². The fraction of sp³-hybridized carbons (Fsp3) is 1.00. The molecule has 0 amide bonds. The van der Waals surface area contributed by atoms with Crippen LogP contribution in [-0.4, -0.2) is 11.2 Å². The van der Waals surface area contributed by atoms with Gasteiger partial charge in [-0.2, -0.15) is 0 Å². The van der Waals surface area contributed by atoms with Crippen molar-refractivity contribution in [3.05, 3.63) is 0 Å². The zero-order valence-electron chi connectivity index (χ0n) is 20.4. The lowest BCUT2D eigenvalue weighted by Gasteiger charge is -2.62. The average Bonchev–Trinajstić information content (AvgIpc) is 3.02. The van der Waals surface area contributed by atoms with Crippen LogP contribution in [0.1, 0.15) is 112 Å². The summed E-state index contributed by atoms with van der Waals surface area (Å²) in [5.41, 5.74) is 1.12. The molecule has 0 radical (unpaired) electrons. The Morgan fingerprint density at radius 3 is 2.17 bits per heavy atom. The van der Waals surface area contributed by atoms with E-state index >= 15 is 0 Å². The molecule has 0 aromatic rings. The molecular weight excluding hydrogens is 352 g/mol. The lowest BCUT2D eigenvalue weighted by atomic mass is 9.43. The van der Waals surface area contributed by atoms with Crippen LogP contribution in [0, 0.1) is 58.2 Å². The summed E-state index contributed by atoms with van der Waals surface area (Å²) in [7, 11) is 0. The number of rotatable bonds is 5. The summed E-state index contributed by atoms with van der Waals surface area (Å²) in [5.74, 6) is 6.92. The summed E-state index contributed by atoms with van der Waals surface area (Å²) in [6, 6.07) is 0. The van der Waals surface area contributed by atoms with Gasteiger partial charge in [0.05, 0.1) is 6.10 Å². The summed E-state index contributed by atoms with van der Waals surface area (Å²) < 4.78 is 0. The van der Waals surface area contributed by atoms with E-state index in [-0.39, 0.29) is 6.10 Å². The van der Waals surface area contributed by atoms with E-state index in [2.05, 4.69) is 41.5 Å². The Hall–Kier alpha value is -0.0400. The highest BCUT2D eigenvalue weighted by Gasteiger charge is 2.61. The maximum Gasteiger partial charge on any atom is 0.0568 e. The van der Waals surface area contributed by atoms with Crippen molar-refractivity contribution in [1.29, 1.82) is 0 Å². The molecule has 0 saturated heterocycles. The first-order chi connectivity index (χ1) is 13.7. The van der Waals surface area contributed by atoms with Gasteiger partial charge in [-0.05, 0) is 110 Å². The van der Waals surface area contributed by atoms with Gasteiger partial charge in [0.15, 0.2) is 0 Å². The van der Waals surface area contributed by atoms with Crippen molar-refractivity contribution in [3.8, 4) is 0 Å². The van der Waals surface area contributed by atoms with Crippen LogP contribution >= 0.6 is 0 Å². The maximum absolute atomic E-state index is 10.5. The third kappa shape index (κ3) is 3.64. The fourth-order valence-corrected chi connectivity index (χ4v) is 9.73. The Morgan fingerprint density at radius 2 is 1.45 bits per heavy atom. The fourth-order valence-electron chi connectivity index (χ4n) is 9.73. The normalized spacial score (nSPS) is 50.7. The van der Waals surface area contributed by atoms with E-state index in [1.165, 1.54) is 64.2 Å². The first kappa shape index (κ1) is 22.2. The largest absolute Gasteiger partial charge is 0.393 e. The predicted molar refractivity (Wildman–Crippen MR) is 124 cm³/mol. The van der Waals surface area contributed by atoms with Crippen LogP contribution < -0.4 is 0 Å². The van der Waals surface area contributed by atoms with E-state index in [0.29, 0.717) is 16.7 Å². The molecule has 4 rings (SSSR count). The minimum Gasteiger partial charge on any atom is -0.393 e. The highest BCUT2D eigenvalue weighted by molar-refractivity contribution is 5.10. The van der Waals surface area contributed by atoms with E-state index in [4.69, 9.17) is 0 Å². The molecule has 0 aromatic heterocycles. The van der Waals surface area contributed by atoms with Gasteiger partial charge in [0.2, 0.25) is 0 Å². The third-order valence-corrected chi connectivity index (χ3v) is 11.4. The molecule has 4 aliphatic carbocycles. The number of hydrogen-bond donors (Lipinski definition) is 1. The Kier molecular flexibility index (Phi) is 6.22. The van der Waals surface area contributed by atoms with Crippen LogP contribution in [0.25, 0.3) is 0 Å². The monoisotopic (exact) mass is 402 g/mol. The summed E-state index contributed by atoms with van der Waals surface area (Å²) in [6.07, 6.45) is 15.4. The van der Waals surface area contributed by atoms with Gasteiger partial charge in [-0.25, -0.2) is 0 Å². The Balaban J connectivity index is 1.48. The molecule has 0 heterocycles. The number of aliphatic hydroxyl groups is 1. The van der Waals surface area contributed by atoms with Gasteiger partial charge in [0.25, 0.3) is 0 Å². The smallest absolute Gasteiger partial charge is 0.0568 e. The Bertz CT molecular complexity index is 569. The molecule has 29 heavy (non-hydrogen) atoms. The van der Waals surface area contributed by atoms with Crippen molar-refractivity contribution < 1.29 is 5.11 Å². The topological polar surface area (TPSA) is 20.2 Å². The lowest BCUT2D eigenvalue weighted by molar-refractivity contribution is -0.149. The van der Waals surface area contributed by atoms with E-state index in [1.54, 1.807) is 0 Å². The van der Waals surface area contributed by atoms with Crippen LogP contribution in [0.15, 0.2) is 0 Å². The van der Waals surface area contributed by atoms with Crippen molar-refractivity contribution in [2.24, 2.45) is 58.2 Å². The quantitative estimate of drug-likeness (QED) is 0.499. The highest BCUT2D eigenvalue weighted by atomic mass is 16.3. The number of hydrogen-bond acceptors (Lipinski definition) is 1. The summed E-state index contributed by atoms with van der Waals surface area (Å²) in [5, 5.41) is 10.5. The minimum atomic E-state index is -0.0407. The van der Waals surface area contributed by atoms with Crippen molar-refractivity contribution in [1.82, 2.24) is 0 Å². The van der Waals surface area contributed by atoms with Crippen LogP contribution in [0.4, 0.5) is 0 Å². The maximum atomic E-state index is 10.5. The van der Waals surface area contributed by atoms with E-state index in [9.17, 15) is 5.11 Å². The summed E-state index contributed by atoms with van der Waals surface area (Å²) in [6.45, 7) is 15.0. The second-order valence-corrected chi connectivity index (χ2v) is 13.1. The molecule has 1 heteroatoms. The van der Waals surface area contributed by atoms with Crippen molar-refractivity contribution >= 4 is 0 Å². The molecule has 1 N–H and O–H groups in total. The zero-order chi connectivity index (χ0) is 21.0. The van der Waals surface area contributed by atoms with Crippen LogP contribution in [0.2, 0.25) is 0 Å². The molecule has 168 valence electrons. The molecule has 10 atom stereocenters. The summed E-state index contributed by atoms with van der Waals surface area (Å²) >= 11 is 0. The molecule has 0 unspecified atom stereocenters. The van der Waals surface area contributed by atoms with E-state index < -0.39 is 0 Å². The van der Waals surface area contributed by atoms with Crippen LogP contribution in [0.5, 0.6) is 0 Å². The van der Waals surface area contributed by atoms with Crippen molar-refractivity contribution in [2.45, 2.75) is 118 Å². The van der Waals surface area contributed by atoms with Gasteiger partial charge in [-0.3, -0.25) is 0 Å². The Labute approximate surface area is 181 Å². The van der Waals surface area contributed by atoms with Gasteiger partial charge < -0.3 is 5.11 Å².